The van der Waals surface area contributed by atoms with Crippen molar-refractivity contribution in [2.75, 3.05) is 13.2 Å². The van der Waals surface area contributed by atoms with E-state index in [-0.39, 0.29) is 13.2 Å². The predicted octanol–water partition coefficient (Wildman–Crippen LogP) is -0.408. The third-order valence-electron chi connectivity index (χ3n) is 1.47. The molecule has 0 aromatic heterocycles. The van der Waals surface area contributed by atoms with Gasteiger partial charge in [-0.15, -0.1) is 0 Å². The minimum atomic E-state index is -3.89. The van der Waals surface area contributed by atoms with Crippen LogP contribution in [0.15, 0.2) is 0 Å². The summed E-state index contributed by atoms with van der Waals surface area (Å²) in [6.45, 7) is 3.14. The van der Waals surface area contributed by atoms with Gasteiger partial charge in [0.15, 0.2) is 0 Å². The van der Waals surface area contributed by atoms with Crippen LogP contribution in [-0.4, -0.2) is 30.7 Å². The van der Waals surface area contributed by atoms with Gasteiger partial charge in [-0.3, -0.25) is 14.2 Å². The molecule has 0 aliphatic heterocycles. The highest BCUT2D eigenvalue weighted by Crippen LogP contribution is 2.52. The SMILES string of the molecule is CCOP(=O)(OCC)C(C(N)=O)C(N)=O. The second kappa shape index (κ2) is 5.85. The fourth-order valence-electron chi connectivity index (χ4n) is 0.998. The highest BCUT2D eigenvalue weighted by molar-refractivity contribution is 7.57. The molecule has 0 aromatic carbocycles. The summed E-state index contributed by atoms with van der Waals surface area (Å²) in [6.07, 6.45) is 0. The van der Waals surface area contributed by atoms with Crippen LogP contribution in [0, 0.1) is 0 Å². The summed E-state index contributed by atoms with van der Waals surface area (Å²) in [5.74, 6) is -2.24. The lowest BCUT2D eigenvalue weighted by Crippen LogP contribution is -2.41. The lowest BCUT2D eigenvalue weighted by atomic mass is 10.4. The van der Waals surface area contributed by atoms with Gasteiger partial charge in [-0.05, 0) is 13.8 Å². The Kier molecular flexibility index (Phi) is 5.49. The van der Waals surface area contributed by atoms with Gasteiger partial charge in [0.25, 0.3) is 0 Å². The number of rotatable bonds is 7. The lowest BCUT2D eigenvalue weighted by molar-refractivity contribution is -0.125. The topological polar surface area (TPSA) is 122 Å². The first-order valence-corrected chi connectivity index (χ1v) is 5.97. The van der Waals surface area contributed by atoms with Crippen molar-refractivity contribution in [2.45, 2.75) is 19.5 Å². The van der Waals surface area contributed by atoms with E-state index in [9.17, 15) is 14.2 Å². The van der Waals surface area contributed by atoms with Crippen molar-refractivity contribution in [1.82, 2.24) is 0 Å². The average molecular weight is 238 g/mol. The third kappa shape index (κ3) is 3.62. The number of amides is 2. The summed E-state index contributed by atoms with van der Waals surface area (Å²) in [7, 11) is -3.89. The van der Waals surface area contributed by atoms with E-state index in [1.165, 1.54) is 0 Å². The van der Waals surface area contributed by atoms with E-state index in [4.69, 9.17) is 20.5 Å². The molecule has 0 saturated carbocycles. The lowest BCUT2D eigenvalue weighted by Gasteiger charge is -2.21. The molecule has 0 bridgehead atoms. The number of carbonyl (C=O) groups excluding carboxylic acids is 2. The Morgan fingerprint density at radius 2 is 1.47 bits per heavy atom. The van der Waals surface area contributed by atoms with Gasteiger partial charge in [0, 0.05) is 0 Å². The monoisotopic (exact) mass is 238 g/mol. The molecule has 8 heteroatoms. The van der Waals surface area contributed by atoms with Crippen molar-refractivity contribution in [1.29, 1.82) is 0 Å². The van der Waals surface area contributed by atoms with Gasteiger partial charge < -0.3 is 20.5 Å². The van der Waals surface area contributed by atoms with Gasteiger partial charge in [-0.1, -0.05) is 0 Å². The predicted molar refractivity (Wildman–Crippen MR) is 53.0 cm³/mol. The van der Waals surface area contributed by atoms with Crippen LogP contribution in [0.2, 0.25) is 0 Å². The first kappa shape index (κ1) is 14.1. The number of nitrogens with two attached hydrogens (primary N) is 2. The summed E-state index contributed by atoms with van der Waals surface area (Å²) < 4.78 is 21.5. The van der Waals surface area contributed by atoms with Gasteiger partial charge in [-0.25, -0.2) is 0 Å². The first-order valence-electron chi connectivity index (χ1n) is 4.36. The molecular formula is C7H15N2O5P. The molecule has 0 unspecified atom stereocenters. The van der Waals surface area contributed by atoms with E-state index in [2.05, 4.69) is 0 Å². The maximum atomic E-state index is 12.0. The Morgan fingerprint density at radius 1 is 1.13 bits per heavy atom. The molecule has 0 heterocycles. The summed E-state index contributed by atoms with van der Waals surface area (Å²) in [5, 5.41) is 0. The second-order valence-electron chi connectivity index (χ2n) is 2.58. The van der Waals surface area contributed by atoms with Crippen LogP contribution in [0.4, 0.5) is 0 Å². The summed E-state index contributed by atoms with van der Waals surface area (Å²) >= 11 is 0. The maximum absolute atomic E-state index is 12.0. The number of carbonyl (C=O) groups is 2. The molecule has 2 amide bonds. The zero-order chi connectivity index (χ0) is 12.1. The average Bonchev–Trinajstić information content (AvgIpc) is 2.02. The first-order chi connectivity index (χ1) is 6.89. The second-order valence-corrected chi connectivity index (χ2v) is 4.70. The largest absolute Gasteiger partial charge is 0.368 e. The van der Waals surface area contributed by atoms with E-state index in [1.54, 1.807) is 13.8 Å². The Balaban J connectivity index is 5.08. The van der Waals surface area contributed by atoms with Crippen LogP contribution < -0.4 is 11.5 Å². The third-order valence-corrected chi connectivity index (χ3v) is 3.85. The quantitative estimate of drug-likeness (QED) is 0.461. The molecule has 0 aliphatic rings. The fourth-order valence-corrected chi connectivity index (χ4v) is 2.71. The van der Waals surface area contributed by atoms with Crippen molar-refractivity contribution in [2.24, 2.45) is 11.5 Å². The number of hydrogen-bond acceptors (Lipinski definition) is 5. The van der Waals surface area contributed by atoms with Gasteiger partial charge in [0.05, 0.1) is 13.2 Å². The molecule has 0 atom stereocenters. The van der Waals surface area contributed by atoms with Crippen LogP contribution >= 0.6 is 7.60 Å². The normalized spacial score (nSPS) is 11.7. The molecule has 0 fully saturated rings. The Morgan fingerprint density at radius 3 is 1.67 bits per heavy atom. The van der Waals surface area contributed by atoms with Crippen molar-refractivity contribution < 1.29 is 23.2 Å². The Hall–Kier alpha value is -0.910. The van der Waals surface area contributed by atoms with Gasteiger partial charge in [0.1, 0.15) is 0 Å². The van der Waals surface area contributed by atoms with Crippen LogP contribution in [0.25, 0.3) is 0 Å². The van der Waals surface area contributed by atoms with Crippen LogP contribution in [-0.2, 0) is 23.2 Å². The summed E-state index contributed by atoms with van der Waals surface area (Å²) in [5.41, 5.74) is 8.09. The Labute approximate surface area is 87.6 Å². The van der Waals surface area contributed by atoms with Crippen molar-refractivity contribution in [3.63, 3.8) is 0 Å². The maximum Gasteiger partial charge on any atom is 0.352 e. The minimum absolute atomic E-state index is 0.0222. The molecular weight excluding hydrogens is 223 g/mol. The molecule has 0 saturated heterocycles. The summed E-state index contributed by atoms with van der Waals surface area (Å²) in [6, 6.07) is 0. The van der Waals surface area contributed by atoms with Crippen molar-refractivity contribution >= 4 is 19.4 Å². The van der Waals surface area contributed by atoms with E-state index < -0.39 is 25.1 Å². The minimum Gasteiger partial charge on any atom is -0.368 e. The van der Waals surface area contributed by atoms with Crippen molar-refractivity contribution in [3.8, 4) is 0 Å². The highest BCUT2D eigenvalue weighted by Gasteiger charge is 2.44. The standard InChI is InChI=1S/C7H15N2O5P/c1-3-13-15(12,14-4-2)5(6(8)10)7(9)11/h5H,3-4H2,1-2H3,(H2,8,10)(H2,9,11). The molecule has 0 spiro atoms. The summed E-state index contributed by atoms with van der Waals surface area (Å²) in [4.78, 5) is 21.9. The molecule has 0 radical (unpaired) electrons. The number of primary amides is 2. The van der Waals surface area contributed by atoms with E-state index in [0.29, 0.717) is 0 Å². The number of hydrogen-bond donors (Lipinski definition) is 2. The van der Waals surface area contributed by atoms with Crippen LogP contribution in [0.3, 0.4) is 0 Å². The molecule has 88 valence electrons. The van der Waals surface area contributed by atoms with Gasteiger partial charge in [-0.2, -0.15) is 0 Å². The highest BCUT2D eigenvalue weighted by atomic mass is 31.2. The van der Waals surface area contributed by atoms with E-state index in [1.807, 2.05) is 0 Å². The molecule has 15 heavy (non-hydrogen) atoms. The molecule has 0 aliphatic carbocycles. The molecule has 0 aromatic rings. The van der Waals surface area contributed by atoms with Gasteiger partial charge >= 0.3 is 7.60 Å². The van der Waals surface area contributed by atoms with E-state index in [0.717, 1.165) is 0 Å². The smallest absolute Gasteiger partial charge is 0.352 e. The molecule has 7 nitrogen and oxygen atoms in total. The van der Waals surface area contributed by atoms with Crippen molar-refractivity contribution in [3.05, 3.63) is 0 Å². The fraction of sp³-hybridized carbons (Fsp3) is 0.714. The van der Waals surface area contributed by atoms with Gasteiger partial charge in [0.2, 0.25) is 17.5 Å². The molecule has 4 N–H and O–H groups in total. The van der Waals surface area contributed by atoms with Crippen LogP contribution in [0.1, 0.15) is 13.8 Å². The molecule has 0 rings (SSSR count). The Bertz CT molecular complexity index is 269. The zero-order valence-corrected chi connectivity index (χ0v) is 9.53. The van der Waals surface area contributed by atoms with E-state index >= 15 is 0 Å². The zero-order valence-electron chi connectivity index (χ0n) is 8.63. The van der Waals surface area contributed by atoms with Crippen LogP contribution in [0.5, 0.6) is 0 Å².